The Kier molecular flexibility index (Phi) is 4.78. The summed E-state index contributed by atoms with van der Waals surface area (Å²) in [6.07, 6.45) is 1.86. The first-order valence-electron chi connectivity index (χ1n) is 7.67. The van der Waals surface area contributed by atoms with Crippen molar-refractivity contribution in [3.05, 3.63) is 58.3 Å². The molecule has 3 rings (SSSR count). The van der Waals surface area contributed by atoms with Crippen molar-refractivity contribution >= 4 is 40.3 Å². The molecule has 0 spiro atoms. The molecule has 124 valence electrons. The van der Waals surface area contributed by atoms with E-state index in [0.29, 0.717) is 15.8 Å². The Morgan fingerprint density at radius 3 is 2.33 bits per heavy atom. The van der Waals surface area contributed by atoms with Crippen molar-refractivity contribution in [2.24, 2.45) is 0 Å². The van der Waals surface area contributed by atoms with Crippen LogP contribution in [0.1, 0.15) is 23.9 Å². The largest absolute Gasteiger partial charge is 0.494 e. The fraction of sp³-hybridized carbons (Fsp3) is 0.222. The smallest absolute Gasteiger partial charge is 0.285 e. The van der Waals surface area contributed by atoms with Gasteiger partial charge in [0.25, 0.3) is 5.91 Å². The van der Waals surface area contributed by atoms with Crippen LogP contribution in [0.25, 0.3) is 6.08 Å². The number of carbonyl (C=O) groups excluding carboxylic acids is 1. The first-order chi connectivity index (χ1) is 11.5. The Hall–Kier alpha value is -2.05. The number of nitrogens with zero attached hydrogens (tertiary/aromatic N) is 2. The van der Waals surface area contributed by atoms with Gasteiger partial charge in [-0.15, -0.1) is 0 Å². The zero-order valence-corrected chi connectivity index (χ0v) is 15.4. The third-order valence-corrected chi connectivity index (χ3v) is 4.98. The number of rotatable bonds is 4. The van der Waals surface area contributed by atoms with Gasteiger partial charge in [0.2, 0.25) is 0 Å². The van der Waals surface area contributed by atoms with Crippen LogP contribution in [0.5, 0.6) is 5.75 Å². The number of carbonyl (C=O) groups is 1. The molecule has 1 amide bonds. The van der Waals surface area contributed by atoms with Crippen LogP contribution in [0.4, 0.5) is 0 Å². The van der Waals surface area contributed by atoms with Crippen LogP contribution >= 0.6 is 24.0 Å². The number of thiocarbonyl (C=S) groups is 1. The zero-order chi connectivity index (χ0) is 17.3. The lowest BCUT2D eigenvalue weighted by Crippen LogP contribution is -2.39. The van der Waals surface area contributed by atoms with Gasteiger partial charge in [-0.1, -0.05) is 23.9 Å². The topological polar surface area (TPSA) is 34.5 Å². The lowest BCUT2D eigenvalue weighted by atomic mass is 10.2. The number of aryl methyl sites for hydroxylation is 2. The summed E-state index contributed by atoms with van der Waals surface area (Å²) in [7, 11) is 0. The molecule has 0 N–H and O–H groups in total. The second-order valence-corrected chi connectivity index (χ2v) is 7.10. The standard InChI is InChI=1S/C18H18N2O2S2/c1-4-22-15-9-7-14(8-10-15)11-16-17(21)20(18(23)24-16)19-12(2)5-6-13(19)3/h5-11H,4H2,1-3H3/b16-11+. The molecule has 0 radical (unpaired) electrons. The van der Waals surface area contributed by atoms with Gasteiger partial charge in [-0.25, -0.2) is 0 Å². The van der Waals surface area contributed by atoms with Crippen molar-refractivity contribution in [1.29, 1.82) is 0 Å². The van der Waals surface area contributed by atoms with E-state index < -0.39 is 0 Å². The van der Waals surface area contributed by atoms with Crippen molar-refractivity contribution in [3.8, 4) is 5.75 Å². The summed E-state index contributed by atoms with van der Waals surface area (Å²) in [5, 5.41) is 1.56. The molecular formula is C18H18N2O2S2. The van der Waals surface area contributed by atoms with Gasteiger partial charge in [-0.3, -0.25) is 9.47 Å². The van der Waals surface area contributed by atoms with E-state index in [4.69, 9.17) is 17.0 Å². The molecule has 1 aromatic carbocycles. The van der Waals surface area contributed by atoms with Crippen LogP contribution in [0.2, 0.25) is 0 Å². The predicted octanol–water partition coefficient (Wildman–Crippen LogP) is 4.04. The molecule has 0 unspecified atom stereocenters. The van der Waals surface area contributed by atoms with Crippen LogP contribution in [0.15, 0.2) is 41.3 Å². The summed E-state index contributed by atoms with van der Waals surface area (Å²) in [6, 6.07) is 11.6. The van der Waals surface area contributed by atoms with E-state index in [1.807, 2.05) is 67.9 Å². The predicted molar refractivity (Wildman–Crippen MR) is 103 cm³/mol. The molecule has 2 aromatic rings. The third kappa shape index (κ3) is 3.12. The third-order valence-electron chi connectivity index (χ3n) is 3.70. The van der Waals surface area contributed by atoms with Crippen molar-refractivity contribution in [2.45, 2.75) is 20.8 Å². The number of benzene rings is 1. The quantitative estimate of drug-likeness (QED) is 0.610. The molecule has 0 saturated carbocycles. The number of amides is 1. The van der Waals surface area contributed by atoms with E-state index >= 15 is 0 Å². The van der Waals surface area contributed by atoms with Gasteiger partial charge in [-0.2, -0.15) is 5.01 Å². The van der Waals surface area contributed by atoms with Gasteiger partial charge in [-0.05, 0) is 68.9 Å². The maximum atomic E-state index is 12.8. The van der Waals surface area contributed by atoms with E-state index in [2.05, 4.69) is 0 Å². The van der Waals surface area contributed by atoms with Crippen molar-refractivity contribution in [2.75, 3.05) is 11.6 Å². The molecule has 1 aromatic heterocycles. The first kappa shape index (κ1) is 16.8. The SMILES string of the molecule is CCOc1ccc(/C=C2/SC(=S)N(n3c(C)ccc3C)C2=O)cc1. The van der Waals surface area contributed by atoms with Crippen molar-refractivity contribution < 1.29 is 9.53 Å². The van der Waals surface area contributed by atoms with E-state index in [0.717, 1.165) is 22.7 Å². The van der Waals surface area contributed by atoms with E-state index in [1.165, 1.54) is 11.8 Å². The van der Waals surface area contributed by atoms with Gasteiger partial charge in [0.15, 0.2) is 4.32 Å². The van der Waals surface area contributed by atoms with E-state index in [-0.39, 0.29) is 5.91 Å². The van der Waals surface area contributed by atoms with Gasteiger partial charge < -0.3 is 4.74 Å². The number of aromatic nitrogens is 1. The fourth-order valence-corrected chi connectivity index (χ4v) is 3.83. The van der Waals surface area contributed by atoms with Gasteiger partial charge in [0.05, 0.1) is 11.5 Å². The van der Waals surface area contributed by atoms with Crippen LogP contribution in [0.3, 0.4) is 0 Å². The van der Waals surface area contributed by atoms with E-state index in [9.17, 15) is 4.79 Å². The average Bonchev–Trinajstić information content (AvgIpc) is 3.01. The zero-order valence-electron chi connectivity index (χ0n) is 13.8. The lowest BCUT2D eigenvalue weighted by molar-refractivity contribution is -0.114. The molecule has 4 nitrogen and oxygen atoms in total. The highest BCUT2D eigenvalue weighted by Gasteiger charge is 2.34. The molecule has 1 aliphatic rings. The fourth-order valence-electron chi connectivity index (χ4n) is 2.59. The molecule has 24 heavy (non-hydrogen) atoms. The minimum absolute atomic E-state index is 0.0960. The van der Waals surface area contributed by atoms with Gasteiger partial charge in [0.1, 0.15) is 5.75 Å². The molecular weight excluding hydrogens is 340 g/mol. The molecule has 1 fully saturated rings. The highest BCUT2D eigenvalue weighted by atomic mass is 32.2. The summed E-state index contributed by atoms with van der Waals surface area (Å²) < 4.78 is 7.84. The summed E-state index contributed by atoms with van der Waals surface area (Å²) in [5.74, 6) is 0.724. The average molecular weight is 358 g/mol. The molecule has 2 heterocycles. The Morgan fingerprint density at radius 2 is 1.75 bits per heavy atom. The number of ether oxygens (including phenoxy) is 1. The highest BCUT2D eigenvalue weighted by molar-refractivity contribution is 8.27. The summed E-state index contributed by atoms with van der Waals surface area (Å²) in [6.45, 7) is 6.50. The first-order valence-corrected chi connectivity index (χ1v) is 8.89. The van der Waals surface area contributed by atoms with Crippen LogP contribution < -0.4 is 9.75 Å². The van der Waals surface area contributed by atoms with Crippen molar-refractivity contribution in [3.63, 3.8) is 0 Å². The Balaban J connectivity index is 1.88. The Labute approximate surface area is 151 Å². The lowest BCUT2D eigenvalue weighted by Gasteiger charge is -2.20. The molecule has 1 saturated heterocycles. The second kappa shape index (κ2) is 6.83. The maximum absolute atomic E-state index is 12.8. The Morgan fingerprint density at radius 1 is 1.12 bits per heavy atom. The maximum Gasteiger partial charge on any atom is 0.285 e. The van der Waals surface area contributed by atoms with Crippen LogP contribution in [-0.4, -0.2) is 21.5 Å². The number of thioether (sulfide) groups is 1. The van der Waals surface area contributed by atoms with Crippen molar-refractivity contribution in [1.82, 2.24) is 4.68 Å². The van der Waals surface area contributed by atoms with Crippen LogP contribution in [0, 0.1) is 13.8 Å². The van der Waals surface area contributed by atoms with E-state index in [1.54, 1.807) is 5.01 Å². The molecule has 6 heteroatoms. The minimum atomic E-state index is -0.0960. The Bertz CT molecular complexity index is 803. The summed E-state index contributed by atoms with van der Waals surface area (Å²) >= 11 is 6.74. The molecule has 1 aliphatic heterocycles. The van der Waals surface area contributed by atoms with Crippen LogP contribution in [-0.2, 0) is 4.79 Å². The normalized spacial score (nSPS) is 16.3. The molecule has 0 aliphatic carbocycles. The van der Waals surface area contributed by atoms with Gasteiger partial charge in [0, 0.05) is 11.4 Å². The van der Waals surface area contributed by atoms with Gasteiger partial charge >= 0.3 is 0 Å². The number of hydrogen-bond donors (Lipinski definition) is 0. The summed E-state index contributed by atoms with van der Waals surface area (Å²) in [5.41, 5.74) is 2.90. The molecule has 0 atom stereocenters. The minimum Gasteiger partial charge on any atom is -0.494 e. The second-order valence-electron chi connectivity index (χ2n) is 5.42. The monoisotopic (exact) mass is 358 g/mol. The molecule has 0 bridgehead atoms. The summed E-state index contributed by atoms with van der Waals surface area (Å²) in [4.78, 5) is 13.4. The number of hydrogen-bond acceptors (Lipinski definition) is 4. The highest BCUT2D eigenvalue weighted by Crippen LogP contribution is 2.32.